The Morgan fingerprint density at radius 3 is 2.50 bits per heavy atom. The Balaban J connectivity index is 1.67. The highest BCUT2D eigenvalue weighted by atomic mass is 16.2. The van der Waals surface area contributed by atoms with Gasteiger partial charge in [0, 0.05) is 32.1 Å². The van der Waals surface area contributed by atoms with Crippen molar-refractivity contribution in [3.05, 3.63) is 23.9 Å². The molecule has 2 saturated heterocycles. The van der Waals surface area contributed by atoms with Crippen LogP contribution in [0.3, 0.4) is 0 Å². The smallest absolute Gasteiger partial charge is 0.230 e. The predicted octanol–water partition coefficient (Wildman–Crippen LogP) is 0.728. The molecule has 0 aromatic carbocycles. The Kier molecular flexibility index (Phi) is 2.54. The van der Waals surface area contributed by atoms with Crippen LogP contribution in [0.5, 0.6) is 0 Å². The quantitative estimate of drug-likeness (QED) is 0.721. The summed E-state index contributed by atoms with van der Waals surface area (Å²) in [6, 6.07) is 4.01. The van der Waals surface area contributed by atoms with E-state index in [0.29, 0.717) is 25.9 Å². The lowest BCUT2D eigenvalue weighted by molar-refractivity contribution is -0.141. The van der Waals surface area contributed by atoms with E-state index in [4.69, 9.17) is 0 Å². The standard InChI is InChI=1S/C13H15N3O2/c1-9-4-5-14-11(6-9)15-7-10(8-15)16-12(17)2-3-13(16)18/h4-6,10H,2-3,7-8H2,1H3. The van der Waals surface area contributed by atoms with E-state index in [1.165, 1.54) is 4.90 Å². The van der Waals surface area contributed by atoms with Crippen molar-refractivity contribution >= 4 is 17.6 Å². The van der Waals surface area contributed by atoms with Gasteiger partial charge in [0.1, 0.15) is 5.82 Å². The summed E-state index contributed by atoms with van der Waals surface area (Å²) in [6.45, 7) is 3.43. The summed E-state index contributed by atoms with van der Waals surface area (Å²) >= 11 is 0. The molecule has 0 unspecified atom stereocenters. The molecule has 2 fully saturated rings. The van der Waals surface area contributed by atoms with E-state index in [1.807, 2.05) is 19.1 Å². The van der Waals surface area contributed by atoms with Crippen molar-refractivity contribution in [1.82, 2.24) is 9.88 Å². The van der Waals surface area contributed by atoms with Crippen LogP contribution in [0.15, 0.2) is 18.3 Å². The molecule has 0 atom stereocenters. The second kappa shape index (κ2) is 4.08. The van der Waals surface area contributed by atoms with E-state index in [1.54, 1.807) is 6.20 Å². The number of carbonyl (C=O) groups excluding carboxylic acids is 2. The van der Waals surface area contributed by atoms with E-state index < -0.39 is 0 Å². The number of anilines is 1. The fourth-order valence-electron chi connectivity index (χ4n) is 2.50. The van der Waals surface area contributed by atoms with Crippen molar-refractivity contribution in [2.45, 2.75) is 25.8 Å². The summed E-state index contributed by atoms with van der Waals surface area (Å²) in [5.74, 6) is 0.869. The van der Waals surface area contributed by atoms with E-state index in [2.05, 4.69) is 9.88 Å². The van der Waals surface area contributed by atoms with Crippen LogP contribution in [-0.4, -0.2) is 40.8 Å². The third kappa shape index (κ3) is 1.75. The molecule has 0 radical (unpaired) electrons. The van der Waals surface area contributed by atoms with Gasteiger partial charge in [-0.3, -0.25) is 14.5 Å². The summed E-state index contributed by atoms with van der Waals surface area (Å²) in [4.78, 5) is 31.0. The SMILES string of the molecule is Cc1ccnc(N2CC(N3C(=O)CCC3=O)C2)c1. The largest absolute Gasteiger partial charge is 0.352 e. The van der Waals surface area contributed by atoms with Crippen LogP contribution in [0, 0.1) is 6.92 Å². The molecule has 1 aromatic rings. The first-order chi connectivity index (χ1) is 8.65. The maximum Gasteiger partial charge on any atom is 0.230 e. The highest BCUT2D eigenvalue weighted by Gasteiger charge is 2.41. The van der Waals surface area contributed by atoms with Gasteiger partial charge in [-0.2, -0.15) is 0 Å². The molecule has 3 rings (SSSR count). The van der Waals surface area contributed by atoms with E-state index in [-0.39, 0.29) is 17.9 Å². The molecule has 18 heavy (non-hydrogen) atoms. The van der Waals surface area contributed by atoms with Crippen molar-refractivity contribution in [2.24, 2.45) is 0 Å². The monoisotopic (exact) mass is 245 g/mol. The van der Waals surface area contributed by atoms with Gasteiger partial charge < -0.3 is 4.90 Å². The molecule has 5 nitrogen and oxygen atoms in total. The maximum absolute atomic E-state index is 11.6. The second-order valence-corrected chi connectivity index (χ2v) is 4.91. The molecule has 0 N–H and O–H groups in total. The lowest BCUT2D eigenvalue weighted by Crippen LogP contribution is -2.61. The number of hydrogen-bond donors (Lipinski definition) is 0. The third-order valence-electron chi connectivity index (χ3n) is 3.54. The van der Waals surface area contributed by atoms with Gasteiger partial charge in [-0.25, -0.2) is 4.98 Å². The van der Waals surface area contributed by atoms with Gasteiger partial charge in [0.05, 0.1) is 6.04 Å². The van der Waals surface area contributed by atoms with Crippen molar-refractivity contribution in [2.75, 3.05) is 18.0 Å². The zero-order chi connectivity index (χ0) is 12.7. The van der Waals surface area contributed by atoms with Gasteiger partial charge in [-0.05, 0) is 24.6 Å². The minimum absolute atomic E-state index is 0.0261. The molecule has 1 aromatic heterocycles. The average Bonchev–Trinajstić information content (AvgIpc) is 2.59. The van der Waals surface area contributed by atoms with Crippen molar-refractivity contribution in [3.8, 4) is 0 Å². The normalized spacial score (nSPS) is 20.5. The first-order valence-corrected chi connectivity index (χ1v) is 6.17. The molecule has 3 heterocycles. The number of rotatable bonds is 2. The minimum Gasteiger partial charge on any atom is -0.352 e. The molecule has 2 amide bonds. The number of hydrogen-bond acceptors (Lipinski definition) is 4. The van der Waals surface area contributed by atoms with Gasteiger partial charge >= 0.3 is 0 Å². The highest BCUT2D eigenvalue weighted by molar-refractivity contribution is 6.02. The Hall–Kier alpha value is -1.91. The third-order valence-corrected chi connectivity index (χ3v) is 3.54. The molecule has 94 valence electrons. The van der Waals surface area contributed by atoms with E-state index in [0.717, 1.165) is 11.4 Å². The molecule has 0 saturated carbocycles. The van der Waals surface area contributed by atoms with Gasteiger partial charge in [0.2, 0.25) is 11.8 Å². The number of amides is 2. The van der Waals surface area contributed by atoms with Crippen molar-refractivity contribution in [1.29, 1.82) is 0 Å². The van der Waals surface area contributed by atoms with Crippen LogP contribution in [0.4, 0.5) is 5.82 Å². The van der Waals surface area contributed by atoms with Crippen LogP contribution >= 0.6 is 0 Å². The first-order valence-electron chi connectivity index (χ1n) is 6.17. The van der Waals surface area contributed by atoms with Gasteiger partial charge in [-0.15, -0.1) is 0 Å². The lowest BCUT2D eigenvalue weighted by atomic mass is 10.1. The molecular weight excluding hydrogens is 230 g/mol. The zero-order valence-corrected chi connectivity index (χ0v) is 10.3. The molecule has 5 heteroatoms. The zero-order valence-electron chi connectivity index (χ0n) is 10.3. The van der Waals surface area contributed by atoms with Crippen molar-refractivity contribution in [3.63, 3.8) is 0 Å². The van der Waals surface area contributed by atoms with Crippen LogP contribution in [0.25, 0.3) is 0 Å². The number of pyridine rings is 1. The van der Waals surface area contributed by atoms with Gasteiger partial charge in [0.15, 0.2) is 0 Å². The minimum atomic E-state index is -0.0261. The molecule has 2 aliphatic heterocycles. The Morgan fingerprint density at radius 2 is 1.89 bits per heavy atom. The summed E-state index contributed by atoms with van der Waals surface area (Å²) in [6.07, 6.45) is 2.53. The van der Waals surface area contributed by atoms with Crippen molar-refractivity contribution < 1.29 is 9.59 Å². The van der Waals surface area contributed by atoms with Crippen LogP contribution < -0.4 is 4.90 Å². The van der Waals surface area contributed by atoms with E-state index in [9.17, 15) is 9.59 Å². The molecule has 0 bridgehead atoms. The van der Waals surface area contributed by atoms with Gasteiger partial charge in [-0.1, -0.05) is 0 Å². The topological polar surface area (TPSA) is 53.5 Å². The van der Waals surface area contributed by atoms with Crippen LogP contribution in [-0.2, 0) is 9.59 Å². The summed E-state index contributed by atoms with van der Waals surface area (Å²) in [7, 11) is 0. The van der Waals surface area contributed by atoms with Gasteiger partial charge in [0.25, 0.3) is 0 Å². The number of aromatic nitrogens is 1. The average molecular weight is 245 g/mol. The Bertz CT molecular complexity index is 493. The number of carbonyl (C=O) groups is 2. The fraction of sp³-hybridized carbons (Fsp3) is 0.462. The first kappa shape index (κ1) is 11.2. The summed E-state index contributed by atoms with van der Waals surface area (Å²) < 4.78 is 0. The number of likely N-dealkylation sites (tertiary alicyclic amines) is 1. The summed E-state index contributed by atoms with van der Waals surface area (Å²) in [5, 5.41) is 0. The molecule has 0 aliphatic carbocycles. The second-order valence-electron chi connectivity index (χ2n) is 4.91. The Labute approximate surface area is 105 Å². The lowest BCUT2D eigenvalue weighted by Gasteiger charge is -2.43. The molecule has 2 aliphatic rings. The number of aryl methyl sites for hydroxylation is 1. The van der Waals surface area contributed by atoms with Crippen LogP contribution in [0.1, 0.15) is 18.4 Å². The molecular formula is C13H15N3O2. The number of nitrogens with zero attached hydrogens (tertiary/aromatic N) is 3. The highest BCUT2D eigenvalue weighted by Crippen LogP contribution is 2.26. The Morgan fingerprint density at radius 1 is 1.22 bits per heavy atom. The van der Waals surface area contributed by atoms with E-state index >= 15 is 0 Å². The predicted molar refractivity (Wildman–Crippen MR) is 66.1 cm³/mol. The van der Waals surface area contributed by atoms with Crippen LogP contribution in [0.2, 0.25) is 0 Å². The maximum atomic E-state index is 11.6. The summed E-state index contributed by atoms with van der Waals surface area (Å²) in [5.41, 5.74) is 1.16. The number of imide groups is 1. The molecule has 0 spiro atoms. The fourth-order valence-corrected chi connectivity index (χ4v) is 2.50.